The number of aromatic hydroxyl groups is 2. The summed E-state index contributed by atoms with van der Waals surface area (Å²) in [6.07, 6.45) is 1.59. The lowest BCUT2D eigenvalue weighted by Crippen LogP contribution is -2.06. The summed E-state index contributed by atoms with van der Waals surface area (Å²) in [5.41, 5.74) is 1.78. The van der Waals surface area contributed by atoms with Gasteiger partial charge in [0.2, 0.25) is 0 Å². The second-order valence-electron chi connectivity index (χ2n) is 4.86. The van der Waals surface area contributed by atoms with Crippen LogP contribution in [0.15, 0.2) is 59.1 Å². The third-order valence-electron chi connectivity index (χ3n) is 3.18. The van der Waals surface area contributed by atoms with E-state index in [1.165, 1.54) is 13.0 Å². The highest BCUT2D eigenvalue weighted by molar-refractivity contribution is 6.24. The van der Waals surface area contributed by atoms with Crippen molar-refractivity contribution in [3.8, 4) is 11.5 Å². The lowest BCUT2D eigenvalue weighted by Gasteiger charge is -2.06. The molecule has 0 amide bonds. The van der Waals surface area contributed by atoms with Crippen LogP contribution in [0.25, 0.3) is 6.08 Å². The summed E-state index contributed by atoms with van der Waals surface area (Å²) in [5.74, 6) is -0.0242. The Labute approximate surface area is 129 Å². The van der Waals surface area contributed by atoms with Crippen molar-refractivity contribution in [2.45, 2.75) is 13.8 Å². The predicted octanol–water partition coefficient (Wildman–Crippen LogP) is 3.86. The number of ketones is 1. The maximum absolute atomic E-state index is 11.9. The Balaban J connectivity index is 2.47. The molecule has 0 heterocycles. The predicted molar refractivity (Wildman–Crippen MR) is 87.6 cm³/mol. The van der Waals surface area contributed by atoms with Crippen LogP contribution in [0, 0.1) is 0 Å². The van der Waals surface area contributed by atoms with Crippen molar-refractivity contribution in [3.05, 3.63) is 59.7 Å². The van der Waals surface area contributed by atoms with Crippen LogP contribution < -0.4 is 0 Å². The van der Waals surface area contributed by atoms with Gasteiger partial charge in [0.1, 0.15) is 17.2 Å². The lowest BCUT2D eigenvalue weighted by atomic mass is 10.0. The number of carbonyl (C=O) groups is 1. The molecule has 4 heteroatoms. The van der Waals surface area contributed by atoms with E-state index >= 15 is 0 Å². The van der Waals surface area contributed by atoms with Crippen molar-refractivity contribution in [1.82, 2.24) is 0 Å². The van der Waals surface area contributed by atoms with Crippen molar-refractivity contribution >= 4 is 23.3 Å². The molecule has 0 unspecified atom stereocenters. The summed E-state index contributed by atoms with van der Waals surface area (Å²) >= 11 is 0. The van der Waals surface area contributed by atoms with Gasteiger partial charge >= 0.3 is 0 Å². The number of rotatable bonds is 4. The first kappa shape index (κ1) is 15.5. The first-order valence-electron chi connectivity index (χ1n) is 6.83. The Kier molecular flexibility index (Phi) is 4.73. The zero-order chi connectivity index (χ0) is 16.1. The Morgan fingerprint density at radius 1 is 0.955 bits per heavy atom. The number of phenolic OH excluding ortho intramolecular Hbond substituents is 2. The number of carbonyl (C=O) groups excluding carboxylic acids is 1. The highest BCUT2D eigenvalue weighted by Crippen LogP contribution is 2.27. The summed E-state index contributed by atoms with van der Waals surface area (Å²) in [5, 5.41) is 19.6. The first-order chi connectivity index (χ1) is 10.5. The summed E-state index contributed by atoms with van der Waals surface area (Å²) in [6.45, 7) is 3.13. The molecule has 0 saturated carbocycles. The molecule has 112 valence electrons. The average molecular weight is 295 g/mol. The Bertz CT molecular complexity index is 760. The molecule has 0 radical (unpaired) electrons. The highest BCUT2D eigenvalue weighted by atomic mass is 16.3. The normalized spacial score (nSPS) is 12.3. The van der Waals surface area contributed by atoms with E-state index in [9.17, 15) is 15.0 Å². The molecule has 2 aromatic carbocycles. The van der Waals surface area contributed by atoms with Gasteiger partial charge in [-0.2, -0.15) is 0 Å². The average Bonchev–Trinajstić information content (AvgIpc) is 2.48. The van der Waals surface area contributed by atoms with E-state index in [1.807, 2.05) is 0 Å². The standard InChI is InChI=1S/C18H17NO3/c1-12(19-16-8-4-6-10-18(16)22)15(13(2)20)11-14-7-3-5-9-17(14)21/h3-11,21-22H,1-2H3/b15-11-,19-12?. The van der Waals surface area contributed by atoms with Gasteiger partial charge in [-0.05, 0) is 38.1 Å². The van der Waals surface area contributed by atoms with Crippen LogP contribution in [0.3, 0.4) is 0 Å². The molecule has 0 bridgehead atoms. The van der Waals surface area contributed by atoms with Crippen molar-refractivity contribution in [2.75, 3.05) is 0 Å². The molecule has 0 aromatic heterocycles. The fourth-order valence-corrected chi connectivity index (χ4v) is 2.03. The SMILES string of the molecule is CC(=O)/C(=C\c1ccccc1O)C(C)=Nc1ccccc1O. The topological polar surface area (TPSA) is 69.9 Å². The third kappa shape index (κ3) is 3.61. The molecular formula is C18H17NO3. The lowest BCUT2D eigenvalue weighted by molar-refractivity contribution is -0.113. The van der Waals surface area contributed by atoms with Gasteiger partial charge in [0.15, 0.2) is 5.78 Å². The molecule has 0 spiro atoms. The zero-order valence-electron chi connectivity index (χ0n) is 12.4. The molecular weight excluding hydrogens is 278 g/mol. The summed E-state index contributed by atoms with van der Waals surface area (Å²) < 4.78 is 0. The fourth-order valence-electron chi connectivity index (χ4n) is 2.03. The van der Waals surface area contributed by atoms with Crippen LogP contribution in [0.4, 0.5) is 5.69 Å². The van der Waals surface area contributed by atoms with Crippen LogP contribution in [-0.2, 0) is 4.79 Å². The maximum atomic E-state index is 11.9. The van der Waals surface area contributed by atoms with Gasteiger partial charge in [-0.15, -0.1) is 0 Å². The summed E-state index contributed by atoms with van der Waals surface area (Å²) in [7, 11) is 0. The Morgan fingerprint density at radius 3 is 2.14 bits per heavy atom. The molecule has 0 saturated heterocycles. The van der Waals surface area contributed by atoms with Crippen molar-refractivity contribution in [2.24, 2.45) is 4.99 Å². The van der Waals surface area contributed by atoms with Gasteiger partial charge in [0.05, 0.1) is 0 Å². The number of phenols is 2. The van der Waals surface area contributed by atoms with Gasteiger partial charge in [-0.25, -0.2) is 4.99 Å². The minimum atomic E-state index is -0.167. The van der Waals surface area contributed by atoms with Gasteiger partial charge in [-0.3, -0.25) is 4.79 Å². The smallest absolute Gasteiger partial charge is 0.161 e. The number of allylic oxidation sites excluding steroid dienone is 1. The first-order valence-corrected chi connectivity index (χ1v) is 6.83. The van der Waals surface area contributed by atoms with Gasteiger partial charge in [0, 0.05) is 16.8 Å². The Hall–Kier alpha value is -2.88. The van der Waals surface area contributed by atoms with E-state index in [4.69, 9.17) is 0 Å². The van der Waals surface area contributed by atoms with E-state index in [2.05, 4.69) is 4.99 Å². The van der Waals surface area contributed by atoms with Gasteiger partial charge < -0.3 is 10.2 Å². The molecule has 2 aromatic rings. The van der Waals surface area contributed by atoms with E-state index in [1.54, 1.807) is 55.5 Å². The summed E-state index contributed by atoms with van der Waals surface area (Å²) in [6, 6.07) is 13.4. The van der Waals surface area contributed by atoms with Crippen molar-refractivity contribution in [1.29, 1.82) is 0 Å². The molecule has 0 aliphatic rings. The van der Waals surface area contributed by atoms with Gasteiger partial charge in [0.25, 0.3) is 0 Å². The summed E-state index contributed by atoms with van der Waals surface area (Å²) in [4.78, 5) is 16.2. The maximum Gasteiger partial charge on any atom is 0.161 e. The van der Waals surface area contributed by atoms with Crippen molar-refractivity contribution < 1.29 is 15.0 Å². The number of hydrogen-bond acceptors (Lipinski definition) is 4. The number of aliphatic imine (C=N–C) groups is 1. The third-order valence-corrected chi connectivity index (χ3v) is 3.18. The minimum Gasteiger partial charge on any atom is -0.507 e. The van der Waals surface area contributed by atoms with E-state index in [-0.39, 0.29) is 17.3 Å². The minimum absolute atomic E-state index is 0.0484. The zero-order valence-corrected chi connectivity index (χ0v) is 12.4. The molecule has 0 fully saturated rings. The van der Waals surface area contributed by atoms with E-state index in [0.717, 1.165) is 0 Å². The number of nitrogens with zero attached hydrogens (tertiary/aromatic N) is 1. The molecule has 0 atom stereocenters. The largest absolute Gasteiger partial charge is 0.507 e. The van der Waals surface area contributed by atoms with Crippen LogP contribution in [-0.4, -0.2) is 21.7 Å². The molecule has 2 rings (SSSR count). The highest BCUT2D eigenvalue weighted by Gasteiger charge is 2.10. The molecule has 0 aliphatic carbocycles. The second-order valence-corrected chi connectivity index (χ2v) is 4.86. The Morgan fingerprint density at radius 2 is 1.55 bits per heavy atom. The van der Waals surface area contributed by atoms with Crippen LogP contribution >= 0.6 is 0 Å². The molecule has 4 nitrogen and oxygen atoms in total. The van der Waals surface area contributed by atoms with Crippen LogP contribution in [0.2, 0.25) is 0 Å². The molecule has 2 N–H and O–H groups in total. The fraction of sp³-hybridized carbons (Fsp3) is 0.111. The number of hydrogen-bond donors (Lipinski definition) is 2. The van der Waals surface area contributed by atoms with Gasteiger partial charge in [-0.1, -0.05) is 30.3 Å². The molecule has 0 aliphatic heterocycles. The van der Waals surface area contributed by atoms with Crippen LogP contribution in [0.5, 0.6) is 11.5 Å². The quantitative estimate of drug-likeness (QED) is 0.664. The van der Waals surface area contributed by atoms with Crippen molar-refractivity contribution in [3.63, 3.8) is 0 Å². The second kappa shape index (κ2) is 6.72. The molecule has 22 heavy (non-hydrogen) atoms. The van der Waals surface area contributed by atoms with Crippen LogP contribution in [0.1, 0.15) is 19.4 Å². The van der Waals surface area contributed by atoms with E-state index in [0.29, 0.717) is 22.5 Å². The monoisotopic (exact) mass is 295 g/mol. The van der Waals surface area contributed by atoms with E-state index < -0.39 is 0 Å². The number of benzene rings is 2. The number of para-hydroxylation sites is 3. The number of Topliss-reactive ketones (excluding diaryl/α,β-unsaturated/α-hetero) is 1.